The van der Waals surface area contributed by atoms with Crippen LogP contribution < -0.4 is 0 Å². The van der Waals surface area contributed by atoms with E-state index in [1.165, 1.54) is 4.90 Å². The number of amides is 2. The van der Waals surface area contributed by atoms with Crippen LogP contribution in [-0.2, 0) is 34.0 Å². The molecule has 3 aromatic rings. The lowest BCUT2D eigenvalue weighted by atomic mass is 10.2. The zero-order valence-electron chi connectivity index (χ0n) is 18.6. The first-order chi connectivity index (χ1) is 16.1. The second-order valence-corrected chi connectivity index (χ2v) is 7.94. The van der Waals surface area contributed by atoms with Gasteiger partial charge in [0.2, 0.25) is 5.91 Å². The molecule has 0 N–H and O–H groups in total. The Morgan fingerprint density at radius 2 is 1.88 bits per heavy atom. The smallest absolute Gasteiger partial charge is 0.290 e. The number of carbonyl (C=O) groups is 2. The van der Waals surface area contributed by atoms with Crippen molar-refractivity contribution in [2.45, 2.75) is 25.9 Å². The van der Waals surface area contributed by atoms with Gasteiger partial charge in [0.25, 0.3) is 5.91 Å². The van der Waals surface area contributed by atoms with Crippen LogP contribution in [0.3, 0.4) is 0 Å². The van der Waals surface area contributed by atoms with Gasteiger partial charge >= 0.3 is 0 Å². The molecule has 172 valence electrons. The Labute approximate surface area is 192 Å². The minimum Gasteiger partial charge on any atom is -0.453 e. The molecule has 1 aromatic carbocycles. The molecule has 0 saturated carbocycles. The van der Waals surface area contributed by atoms with E-state index in [-0.39, 0.29) is 43.4 Å². The van der Waals surface area contributed by atoms with Crippen molar-refractivity contribution < 1.29 is 23.5 Å². The molecule has 0 spiro atoms. The van der Waals surface area contributed by atoms with Gasteiger partial charge in [0.05, 0.1) is 12.7 Å². The van der Waals surface area contributed by atoms with Crippen LogP contribution in [0.5, 0.6) is 0 Å². The Bertz CT molecular complexity index is 1050. The highest BCUT2D eigenvalue weighted by molar-refractivity contribution is 5.94. The van der Waals surface area contributed by atoms with Crippen LogP contribution in [0, 0.1) is 0 Å². The van der Waals surface area contributed by atoms with E-state index in [4.69, 9.17) is 13.9 Å². The van der Waals surface area contributed by atoms with Crippen molar-refractivity contribution >= 4 is 11.8 Å². The number of ether oxygens (including phenoxy) is 2. The number of aromatic nitrogens is 1. The van der Waals surface area contributed by atoms with Crippen LogP contribution in [0.2, 0.25) is 0 Å². The van der Waals surface area contributed by atoms with Gasteiger partial charge in [-0.25, -0.2) is 0 Å². The summed E-state index contributed by atoms with van der Waals surface area (Å²) in [5.41, 5.74) is 1.95. The largest absolute Gasteiger partial charge is 0.453 e. The van der Waals surface area contributed by atoms with Gasteiger partial charge in [-0.2, -0.15) is 0 Å². The van der Waals surface area contributed by atoms with Crippen LogP contribution in [0.15, 0.2) is 71.4 Å². The Kier molecular flexibility index (Phi) is 7.49. The van der Waals surface area contributed by atoms with Crippen molar-refractivity contribution in [1.82, 2.24) is 14.8 Å². The van der Waals surface area contributed by atoms with E-state index in [9.17, 15) is 9.59 Å². The summed E-state index contributed by atoms with van der Waals surface area (Å²) >= 11 is 0. The quantitative estimate of drug-likeness (QED) is 0.526. The van der Waals surface area contributed by atoms with Crippen LogP contribution >= 0.6 is 0 Å². The number of hydrogen-bond acceptors (Lipinski definition) is 6. The fourth-order valence-electron chi connectivity index (χ4n) is 3.76. The third-order valence-electron chi connectivity index (χ3n) is 5.40. The molecule has 1 atom stereocenters. The molecule has 0 aliphatic carbocycles. The van der Waals surface area contributed by atoms with E-state index in [2.05, 4.69) is 4.98 Å². The SMILES string of the molecule is COCc1ccc(C(=O)N2CC(=O)N(Cc3cccnc3)CC(OCc3ccccc3)C2)o1. The molecule has 33 heavy (non-hydrogen) atoms. The molecular weight excluding hydrogens is 422 g/mol. The second kappa shape index (κ2) is 10.9. The Morgan fingerprint density at radius 3 is 2.64 bits per heavy atom. The molecule has 2 aromatic heterocycles. The summed E-state index contributed by atoms with van der Waals surface area (Å²) in [4.78, 5) is 33.6. The highest BCUT2D eigenvalue weighted by Gasteiger charge is 2.32. The molecule has 8 nitrogen and oxygen atoms in total. The summed E-state index contributed by atoms with van der Waals surface area (Å²) in [6, 6.07) is 16.9. The summed E-state index contributed by atoms with van der Waals surface area (Å²) in [5, 5.41) is 0. The molecule has 1 aliphatic rings. The molecular formula is C25H27N3O5. The standard InChI is InChI=1S/C25H27N3O5/c1-31-18-21-9-10-23(33-21)25(30)28-15-22(32-17-19-6-3-2-4-7-19)14-27(24(29)16-28)13-20-8-5-11-26-12-20/h2-12,22H,13-18H2,1H3. The van der Waals surface area contributed by atoms with Gasteiger partial charge in [-0.15, -0.1) is 0 Å². The maximum Gasteiger partial charge on any atom is 0.290 e. The van der Waals surface area contributed by atoms with Gasteiger partial charge in [-0.05, 0) is 29.3 Å². The summed E-state index contributed by atoms with van der Waals surface area (Å²) in [5.74, 6) is 0.235. The number of pyridine rings is 1. The number of nitrogens with zero attached hydrogens (tertiary/aromatic N) is 3. The molecule has 0 bridgehead atoms. The van der Waals surface area contributed by atoms with Crippen LogP contribution in [0.25, 0.3) is 0 Å². The number of rotatable bonds is 8. The maximum atomic E-state index is 13.2. The number of hydrogen-bond donors (Lipinski definition) is 0. The highest BCUT2D eigenvalue weighted by atomic mass is 16.5. The summed E-state index contributed by atoms with van der Waals surface area (Å²) < 4.78 is 16.8. The van der Waals surface area contributed by atoms with E-state index in [0.717, 1.165) is 11.1 Å². The molecule has 8 heteroatoms. The van der Waals surface area contributed by atoms with Crippen LogP contribution in [0.4, 0.5) is 0 Å². The Morgan fingerprint density at radius 1 is 1.06 bits per heavy atom. The Balaban J connectivity index is 1.52. The Hall–Kier alpha value is -3.49. The molecule has 3 heterocycles. The topological polar surface area (TPSA) is 85.1 Å². The lowest BCUT2D eigenvalue weighted by Gasteiger charge is -2.24. The normalized spacial score (nSPS) is 16.6. The molecule has 1 fully saturated rings. The van der Waals surface area contributed by atoms with Crippen molar-refractivity contribution in [3.63, 3.8) is 0 Å². The molecule has 0 radical (unpaired) electrons. The van der Waals surface area contributed by atoms with E-state index in [0.29, 0.717) is 25.5 Å². The van der Waals surface area contributed by atoms with E-state index in [1.54, 1.807) is 36.5 Å². The van der Waals surface area contributed by atoms with Gasteiger partial charge in [0.1, 0.15) is 18.9 Å². The predicted octanol–water partition coefficient (Wildman–Crippen LogP) is 2.89. The number of furan rings is 1. The minimum absolute atomic E-state index is 0.0510. The van der Waals surface area contributed by atoms with Crippen molar-refractivity contribution in [3.05, 3.63) is 89.6 Å². The van der Waals surface area contributed by atoms with Crippen molar-refractivity contribution in [1.29, 1.82) is 0 Å². The first-order valence-electron chi connectivity index (χ1n) is 10.8. The summed E-state index contributed by atoms with van der Waals surface area (Å²) in [6.07, 6.45) is 3.08. The zero-order valence-corrected chi connectivity index (χ0v) is 18.6. The van der Waals surface area contributed by atoms with Crippen molar-refractivity contribution in [2.24, 2.45) is 0 Å². The van der Waals surface area contributed by atoms with E-state index >= 15 is 0 Å². The van der Waals surface area contributed by atoms with Crippen LogP contribution in [-0.4, -0.2) is 59.4 Å². The van der Waals surface area contributed by atoms with E-state index < -0.39 is 0 Å². The average molecular weight is 450 g/mol. The molecule has 4 rings (SSSR count). The fraction of sp³-hybridized carbons (Fsp3) is 0.320. The first kappa shape index (κ1) is 22.7. The molecule has 1 saturated heterocycles. The third kappa shape index (κ3) is 6.06. The van der Waals surface area contributed by atoms with Gasteiger partial charge in [-0.3, -0.25) is 14.6 Å². The van der Waals surface area contributed by atoms with Crippen LogP contribution in [0.1, 0.15) is 27.4 Å². The van der Waals surface area contributed by atoms with Gasteiger partial charge in [-0.1, -0.05) is 36.4 Å². The van der Waals surface area contributed by atoms with E-state index in [1.807, 2.05) is 42.5 Å². The van der Waals surface area contributed by atoms with Crippen molar-refractivity contribution in [2.75, 3.05) is 26.7 Å². The number of methoxy groups -OCH3 is 1. The molecule has 1 aliphatic heterocycles. The lowest BCUT2D eigenvalue weighted by molar-refractivity contribution is -0.132. The number of carbonyl (C=O) groups excluding carboxylic acids is 2. The van der Waals surface area contributed by atoms with Gasteiger partial charge in [0, 0.05) is 39.1 Å². The maximum absolute atomic E-state index is 13.2. The monoisotopic (exact) mass is 449 g/mol. The average Bonchev–Trinajstić information content (AvgIpc) is 3.25. The highest BCUT2D eigenvalue weighted by Crippen LogP contribution is 2.18. The third-order valence-corrected chi connectivity index (χ3v) is 5.40. The summed E-state index contributed by atoms with van der Waals surface area (Å²) in [7, 11) is 1.56. The predicted molar refractivity (Wildman–Crippen MR) is 120 cm³/mol. The zero-order chi connectivity index (χ0) is 23.0. The number of benzene rings is 1. The first-order valence-corrected chi connectivity index (χ1v) is 10.8. The van der Waals surface area contributed by atoms with Gasteiger partial charge in [0.15, 0.2) is 5.76 Å². The lowest BCUT2D eigenvalue weighted by Crippen LogP contribution is -2.39. The van der Waals surface area contributed by atoms with Crippen molar-refractivity contribution in [3.8, 4) is 0 Å². The molecule has 1 unspecified atom stereocenters. The fourth-order valence-corrected chi connectivity index (χ4v) is 3.76. The minimum atomic E-state index is -0.356. The molecule has 2 amide bonds. The van der Waals surface area contributed by atoms with Gasteiger partial charge < -0.3 is 23.7 Å². The summed E-state index contributed by atoms with van der Waals surface area (Å²) in [6.45, 7) is 1.66. The second-order valence-electron chi connectivity index (χ2n) is 7.94.